The molecule has 0 bridgehead atoms. The molecule has 0 aromatic heterocycles. The lowest BCUT2D eigenvalue weighted by Crippen LogP contribution is -2.13. The summed E-state index contributed by atoms with van der Waals surface area (Å²) in [4.78, 5) is 10.8. The summed E-state index contributed by atoms with van der Waals surface area (Å²) in [6, 6.07) is 7.82. The van der Waals surface area contributed by atoms with E-state index < -0.39 is 5.91 Å². The lowest BCUT2D eigenvalue weighted by Gasteiger charge is -2.06. The molecule has 0 saturated heterocycles. The van der Waals surface area contributed by atoms with E-state index >= 15 is 0 Å². The minimum absolute atomic E-state index is 0.430. The van der Waals surface area contributed by atoms with Crippen LogP contribution >= 0.6 is 0 Å². The van der Waals surface area contributed by atoms with Gasteiger partial charge in [-0.1, -0.05) is 18.7 Å². The van der Waals surface area contributed by atoms with Crippen LogP contribution in [0.2, 0.25) is 0 Å². The van der Waals surface area contributed by atoms with Gasteiger partial charge in [-0.2, -0.15) is 0 Å². The molecule has 86 valence electrons. The number of amides is 1. The summed E-state index contributed by atoms with van der Waals surface area (Å²) in [7, 11) is 0. The lowest BCUT2D eigenvalue weighted by molar-refractivity contribution is -0.114. The third-order valence-electron chi connectivity index (χ3n) is 2.27. The van der Waals surface area contributed by atoms with Gasteiger partial charge in [0.2, 0.25) is 5.91 Å². The zero-order valence-electron chi connectivity index (χ0n) is 9.53. The summed E-state index contributed by atoms with van der Waals surface area (Å²) in [6.45, 7) is 6.22. The third kappa shape index (κ3) is 3.77. The predicted molar refractivity (Wildman–Crippen MR) is 64.3 cm³/mol. The molecular formula is C13H17NO2. The molecule has 0 spiro atoms. The fraction of sp³-hybridized carbons (Fsp3) is 0.308. The molecule has 16 heavy (non-hydrogen) atoms. The second-order valence-electron chi connectivity index (χ2n) is 3.55. The Kier molecular flexibility index (Phi) is 4.58. The van der Waals surface area contributed by atoms with Crippen LogP contribution in [-0.2, 0) is 11.2 Å². The SMILES string of the molecule is C=C(CCc1cccc(OCC)c1)C(N)=O. The number of nitrogens with two attached hydrogens (primary N) is 1. The quantitative estimate of drug-likeness (QED) is 0.744. The zero-order chi connectivity index (χ0) is 12.0. The van der Waals surface area contributed by atoms with Crippen LogP contribution in [0.15, 0.2) is 36.4 Å². The van der Waals surface area contributed by atoms with Crippen molar-refractivity contribution in [2.75, 3.05) is 6.61 Å². The predicted octanol–water partition coefficient (Wildman–Crippen LogP) is 2.06. The molecule has 0 aliphatic heterocycles. The fourth-order valence-electron chi connectivity index (χ4n) is 1.38. The Labute approximate surface area is 95.9 Å². The highest BCUT2D eigenvalue weighted by Crippen LogP contribution is 2.15. The number of primary amides is 1. The Morgan fingerprint density at radius 2 is 2.25 bits per heavy atom. The van der Waals surface area contributed by atoms with Crippen LogP contribution in [0.4, 0.5) is 0 Å². The Hall–Kier alpha value is -1.77. The molecule has 0 atom stereocenters. The number of carbonyl (C=O) groups excluding carboxylic acids is 1. The van der Waals surface area contributed by atoms with E-state index in [1.165, 1.54) is 0 Å². The van der Waals surface area contributed by atoms with Crippen molar-refractivity contribution in [1.82, 2.24) is 0 Å². The van der Waals surface area contributed by atoms with Crippen molar-refractivity contribution in [2.45, 2.75) is 19.8 Å². The fourth-order valence-corrected chi connectivity index (χ4v) is 1.38. The molecule has 1 aromatic carbocycles. The topological polar surface area (TPSA) is 52.3 Å². The van der Waals surface area contributed by atoms with Crippen LogP contribution in [0, 0.1) is 0 Å². The number of aryl methyl sites for hydroxylation is 1. The van der Waals surface area contributed by atoms with Gasteiger partial charge in [-0.25, -0.2) is 0 Å². The van der Waals surface area contributed by atoms with E-state index in [1.54, 1.807) is 0 Å². The molecule has 3 nitrogen and oxygen atoms in total. The van der Waals surface area contributed by atoms with Crippen molar-refractivity contribution < 1.29 is 9.53 Å². The summed E-state index contributed by atoms with van der Waals surface area (Å²) < 4.78 is 5.39. The minimum Gasteiger partial charge on any atom is -0.494 e. The maximum absolute atomic E-state index is 10.8. The van der Waals surface area contributed by atoms with Crippen LogP contribution in [0.25, 0.3) is 0 Å². The summed E-state index contributed by atoms with van der Waals surface area (Å²) in [5, 5.41) is 0. The van der Waals surface area contributed by atoms with Gasteiger partial charge >= 0.3 is 0 Å². The summed E-state index contributed by atoms with van der Waals surface area (Å²) in [5.41, 5.74) is 6.69. The second kappa shape index (κ2) is 5.95. The molecule has 0 aliphatic carbocycles. The van der Waals surface area contributed by atoms with Crippen LogP contribution in [0.5, 0.6) is 5.75 Å². The van der Waals surface area contributed by atoms with Gasteiger partial charge in [0.05, 0.1) is 6.61 Å². The number of hydrogen-bond acceptors (Lipinski definition) is 2. The van der Waals surface area contributed by atoms with E-state index in [-0.39, 0.29) is 0 Å². The zero-order valence-corrected chi connectivity index (χ0v) is 9.53. The molecule has 0 saturated carbocycles. The first-order valence-corrected chi connectivity index (χ1v) is 5.32. The number of hydrogen-bond donors (Lipinski definition) is 1. The van der Waals surface area contributed by atoms with E-state index in [2.05, 4.69) is 6.58 Å². The van der Waals surface area contributed by atoms with Crippen molar-refractivity contribution >= 4 is 5.91 Å². The van der Waals surface area contributed by atoms with Crippen LogP contribution in [-0.4, -0.2) is 12.5 Å². The highest BCUT2D eigenvalue weighted by atomic mass is 16.5. The Bertz CT molecular complexity index is 385. The van der Waals surface area contributed by atoms with E-state index in [4.69, 9.17) is 10.5 Å². The largest absolute Gasteiger partial charge is 0.494 e. The van der Waals surface area contributed by atoms with E-state index in [0.717, 1.165) is 17.7 Å². The average molecular weight is 219 g/mol. The highest BCUT2D eigenvalue weighted by molar-refractivity contribution is 5.91. The molecule has 1 aromatic rings. The van der Waals surface area contributed by atoms with Gasteiger partial charge in [0.15, 0.2) is 0 Å². The Morgan fingerprint density at radius 3 is 2.88 bits per heavy atom. The molecule has 0 aliphatic rings. The maximum Gasteiger partial charge on any atom is 0.244 e. The van der Waals surface area contributed by atoms with Crippen molar-refractivity contribution in [3.63, 3.8) is 0 Å². The third-order valence-corrected chi connectivity index (χ3v) is 2.27. The molecule has 1 amide bonds. The summed E-state index contributed by atoms with van der Waals surface area (Å²) >= 11 is 0. The first-order chi connectivity index (χ1) is 7.63. The normalized spacial score (nSPS) is 9.81. The van der Waals surface area contributed by atoms with Crippen molar-refractivity contribution in [2.24, 2.45) is 5.73 Å². The second-order valence-corrected chi connectivity index (χ2v) is 3.55. The van der Waals surface area contributed by atoms with Gasteiger partial charge in [0.25, 0.3) is 0 Å². The molecule has 2 N–H and O–H groups in total. The number of carbonyl (C=O) groups is 1. The Balaban J connectivity index is 2.57. The van der Waals surface area contributed by atoms with Gasteiger partial charge in [-0.05, 0) is 37.5 Å². The molecule has 0 radical (unpaired) electrons. The lowest BCUT2D eigenvalue weighted by atomic mass is 10.1. The standard InChI is InChI=1S/C13H17NO2/c1-3-16-12-6-4-5-11(9-12)8-7-10(2)13(14)15/h4-6,9H,2-3,7-8H2,1H3,(H2,14,15). The van der Waals surface area contributed by atoms with Gasteiger partial charge < -0.3 is 10.5 Å². The minimum atomic E-state index is -0.430. The number of benzene rings is 1. The number of rotatable bonds is 6. The van der Waals surface area contributed by atoms with E-state index in [0.29, 0.717) is 18.6 Å². The first-order valence-electron chi connectivity index (χ1n) is 5.32. The molecule has 1 rings (SSSR count). The van der Waals surface area contributed by atoms with Gasteiger partial charge in [-0.15, -0.1) is 0 Å². The molecule has 0 heterocycles. The van der Waals surface area contributed by atoms with Crippen LogP contribution in [0.1, 0.15) is 18.9 Å². The van der Waals surface area contributed by atoms with Gasteiger partial charge in [-0.3, -0.25) is 4.79 Å². The molecular weight excluding hydrogens is 202 g/mol. The average Bonchev–Trinajstić information content (AvgIpc) is 2.26. The van der Waals surface area contributed by atoms with Crippen molar-refractivity contribution in [3.05, 3.63) is 42.0 Å². The molecule has 0 fully saturated rings. The van der Waals surface area contributed by atoms with Crippen LogP contribution < -0.4 is 10.5 Å². The molecule has 0 unspecified atom stereocenters. The molecule has 3 heteroatoms. The highest BCUT2D eigenvalue weighted by Gasteiger charge is 2.02. The number of ether oxygens (including phenoxy) is 1. The maximum atomic E-state index is 10.8. The van der Waals surface area contributed by atoms with Gasteiger partial charge in [0.1, 0.15) is 5.75 Å². The van der Waals surface area contributed by atoms with Crippen molar-refractivity contribution in [3.8, 4) is 5.75 Å². The van der Waals surface area contributed by atoms with Gasteiger partial charge in [0, 0.05) is 5.57 Å². The first kappa shape index (κ1) is 12.3. The summed E-state index contributed by atoms with van der Waals surface area (Å²) in [5.74, 6) is 0.422. The smallest absolute Gasteiger partial charge is 0.244 e. The monoisotopic (exact) mass is 219 g/mol. The van der Waals surface area contributed by atoms with Crippen molar-refractivity contribution in [1.29, 1.82) is 0 Å². The van der Waals surface area contributed by atoms with E-state index in [9.17, 15) is 4.79 Å². The Morgan fingerprint density at radius 1 is 1.50 bits per heavy atom. The summed E-state index contributed by atoms with van der Waals surface area (Å²) in [6.07, 6.45) is 1.34. The van der Waals surface area contributed by atoms with Crippen LogP contribution in [0.3, 0.4) is 0 Å². The van der Waals surface area contributed by atoms with E-state index in [1.807, 2.05) is 31.2 Å².